The number of nitrogens with one attached hydrogen (secondary N) is 1. The second-order valence-corrected chi connectivity index (χ2v) is 4.91. The van der Waals surface area contributed by atoms with Crippen LogP contribution in [0.2, 0.25) is 0 Å². The smallest absolute Gasteiger partial charge is 0.342 e. The minimum absolute atomic E-state index is 0.342. The van der Waals surface area contributed by atoms with Crippen molar-refractivity contribution in [1.82, 2.24) is 10.2 Å². The first-order valence-corrected chi connectivity index (χ1v) is 5.78. The summed E-state index contributed by atoms with van der Waals surface area (Å²) in [5.74, 6) is -1.22. The molecule has 4 nitrogen and oxygen atoms in total. The van der Waals surface area contributed by atoms with Gasteiger partial charge in [-0.1, -0.05) is 13.3 Å². The molecule has 0 aromatic rings. The lowest BCUT2D eigenvalue weighted by Gasteiger charge is -2.44. The van der Waals surface area contributed by atoms with E-state index in [9.17, 15) is 22.8 Å². The molecule has 1 N–H and O–H groups in total. The van der Waals surface area contributed by atoms with Crippen molar-refractivity contribution >= 4 is 11.8 Å². The van der Waals surface area contributed by atoms with Gasteiger partial charge in [-0.25, -0.2) is 0 Å². The monoisotopic (exact) mass is 266 g/mol. The van der Waals surface area contributed by atoms with Gasteiger partial charge in [0, 0.05) is 0 Å². The summed E-state index contributed by atoms with van der Waals surface area (Å²) in [4.78, 5) is 24.4. The van der Waals surface area contributed by atoms with Gasteiger partial charge in [0.2, 0.25) is 11.8 Å². The van der Waals surface area contributed by atoms with E-state index in [4.69, 9.17) is 0 Å². The second kappa shape index (κ2) is 4.78. The normalized spacial score (nSPS) is 24.1. The molecule has 1 aliphatic heterocycles. The van der Waals surface area contributed by atoms with Crippen molar-refractivity contribution in [2.24, 2.45) is 0 Å². The summed E-state index contributed by atoms with van der Waals surface area (Å²) in [5, 5.41) is 2.48. The molecule has 104 valence electrons. The van der Waals surface area contributed by atoms with Crippen LogP contribution in [0.1, 0.15) is 33.6 Å². The van der Waals surface area contributed by atoms with Gasteiger partial charge in [0.25, 0.3) is 0 Å². The molecule has 0 saturated carbocycles. The van der Waals surface area contributed by atoms with Gasteiger partial charge in [-0.2, -0.15) is 13.2 Å². The van der Waals surface area contributed by atoms with E-state index in [1.54, 1.807) is 6.92 Å². The summed E-state index contributed by atoms with van der Waals surface area (Å²) in [5.41, 5.74) is -1.48. The van der Waals surface area contributed by atoms with E-state index < -0.39 is 36.1 Å². The third-order valence-electron chi connectivity index (χ3n) is 3.01. The number of hydrogen-bond donors (Lipinski definition) is 1. The van der Waals surface area contributed by atoms with Crippen LogP contribution in [-0.2, 0) is 9.59 Å². The maximum absolute atomic E-state index is 12.5. The van der Waals surface area contributed by atoms with Gasteiger partial charge >= 0.3 is 6.18 Å². The number of alkyl halides is 3. The fourth-order valence-corrected chi connectivity index (χ4v) is 1.92. The number of carbonyl (C=O) groups is 2. The third kappa shape index (κ3) is 2.94. The Labute approximate surface area is 104 Å². The zero-order valence-electron chi connectivity index (χ0n) is 10.6. The van der Waals surface area contributed by atoms with Gasteiger partial charge in [-0.05, 0) is 20.3 Å². The second-order valence-electron chi connectivity index (χ2n) is 4.91. The maximum Gasteiger partial charge on any atom is 0.406 e. The molecular weight excluding hydrogens is 249 g/mol. The Morgan fingerprint density at radius 3 is 2.33 bits per heavy atom. The fourth-order valence-electron chi connectivity index (χ4n) is 1.92. The number of nitrogens with zero attached hydrogens (tertiary/aromatic N) is 1. The zero-order valence-corrected chi connectivity index (χ0v) is 10.6. The highest BCUT2D eigenvalue weighted by molar-refractivity contribution is 5.99. The quantitative estimate of drug-likeness (QED) is 0.840. The molecule has 7 heteroatoms. The van der Waals surface area contributed by atoms with Crippen molar-refractivity contribution in [1.29, 1.82) is 0 Å². The molecule has 0 aromatic carbocycles. The number of piperazine rings is 1. The van der Waals surface area contributed by atoms with Gasteiger partial charge < -0.3 is 10.2 Å². The van der Waals surface area contributed by atoms with Gasteiger partial charge in [0.15, 0.2) is 0 Å². The molecule has 1 saturated heterocycles. The summed E-state index contributed by atoms with van der Waals surface area (Å²) in [6.45, 7) is 3.03. The largest absolute Gasteiger partial charge is 0.406 e. The van der Waals surface area contributed by atoms with E-state index in [0.29, 0.717) is 17.7 Å². The molecule has 1 aliphatic rings. The fraction of sp³-hybridized carbons (Fsp3) is 0.818. The van der Waals surface area contributed by atoms with E-state index in [1.807, 2.05) is 0 Å². The lowest BCUT2D eigenvalue weighted by atomic mass is 9.94. The molecule has 1 atom stereocenters. The van der Waals surface area contributed by atoms with Gasteiger partial charge in [-0.15, -0.1) is 0 Å². The Balaban J connectivity index is 2.99. The predicted molar refractivity (Wildman–Crippen MR) is 58.7 cm³/mol. The zero-order chi connectivity index (χ0) is 14.1. The molecule has 0 radical (unpaired) electrons. The first kappa shape index (κ1) is 14.8. The number of rotatable bonds is 3. The van der Waals surface area contributed by atoms with E-state index in [0.717, 1.165) is 0 Å². The Morgan fingerprint density at radius 2 is 1.89 bits per heavy atom. The number of amides is 2. The summed E-state index contributed by atoms with van der Waals surface area (Å²) < 4.78 is 37.4. The van der Waals surface area contributed by atoms with Crippen LogP contribution in [0.25, 0.3) is 0 Å². The SMILES string of the molecule is CCCC1NC(=O)C(C)(C)N(CC(F)(F)F)C1=O. The van der Waals surface area contributed by atoms with Crippen molar-refractivity contribution in [2.45, 2.75) is 51.4 Å². The van der Waals surface area contributed by atoms with E-state index >= 15 is 0 Å². The molecule has 0 aromatic heterocycles. The highest BCUT2D eigenvalue weighted by atomic mass is 19.4. The van der Waals surface area contributed by atoms with Crippen molar-refractivity contribution in [2.75, 3.05) is 6.54 Å². The standard InChI is InChI=1S/C11H17F3N2O2/c1-4-5-7-8(17)16(6-11(12,13)14)10(2,3)9(18)15-7/h7H,4-6H2,1-3H3,(H,15,18). The molecule has 18 heavy (non-hydrogen) atoms. The van der Waals surface area contributed by atoms with Gasteiger partial charge in [0.1, 0.15) is 18.1 Å². The van der Waals surface area contributed by atoms with Gasteiger partial charge in [0.05, 0.1) is 0 Å². The van der Waals surface area contributed by atoms with Crippen molar-refractivity contribution in [3.05, 3.63) is 0 Å². The Kier molecular flexibility index (Phi) is 3.92. The lowest BCUT2D eigenvalue weighted by molar-refractivity contribution is -0.181. The number of hydrogen-bond acceptors (Lipinski definition) is 2. The average molecular weight is 266 g/mol. The van der Waals surface area contributed by atoms with Crippen molar-refractivity contribution < 1.29 is 22.8 Å². The van der Waals surface area contributed by atoms with Crippen LogP contribution in [0.5, 0.6) is 0 Å². The van der Waals surface area contributed by atoms with Crippen LogP contribution in [0, 0.1) is 0 Å². The van der Waals surface area contributed by atoms with Crippen LogP contribution >= 0.6 is 0 Å². The Morgan fingerprint density at radius 1 is 1.33 bits per heavy atom. The molecule has 1 unspecified atom stereocenters. The molecule has 0 aliphatic carbocycles. The summed E-state index contributed by atoms with van der Waals surface area (Å²) in [7, 11) is 0. The minimum atomic E-state index is -4.51. The molecule has 0 spiro atoms. The Hall–Kier alpha value is -1.27. The highest BCUT2D eigenvalue weighted by Gasteiger charge is 2.49. The van der Waals surface area contributed by atoms with Crippen molar-refractivity contribution in [3.63, 3.8) is 0 Å². The summed E-state index contributed by atoms with van der Waals surface area (Å²) in [6.07, 6.45) is -3.56. The number of halogens is 3. The molecule has 2 amide bonds. The van der Waals surface area contributed by atoms with Crippen LogP contribution in [0.4, 0.5) is 13.2 Å². The highest BCUT2D eigenvalue weighted by Crippen LogP contribution is 2.27. The average Bonchev–Trinajstić information content (AvgIpc) is 2.21. The van der Waals surface area contributed by atoms with E-state index in [2.05, 4.69) is 5.32 Å². The molecular formula is C11H17F3N2O2. The summed E-state index contributed by atoms with van der Waals surface area (Å²) in [6, 6.07) is -0.849. The van der Waals surface area contributed by atoms with E-state index in [-0.39, 0.29) is 0 Å². The molecule has 0 bridgehead atoms. The topological polar surface area (TPSA) is 49.4 Å². The molecule has 1 heterocycles. The summed E-state index contributed by atoms with van der Waals surface area (Å²) >= 11 is 0. The first-order chi connectivity index (χ1) is 8.09. The van der Waals surface area contributed by atoms with E-state index in [1.165, 1.54) is 13.8 Å². The van der Waals surface area contributed by atoms with Crippen molar-refractivity contribution in [3.8, 4) is 0 Å². The van der Waals surface area contributed by atoms with Crippen LogP contribution in [0.15, 0.2) is 0 Å². The Bertz CT molecular complexity index is 353. The molecule has 1 rings (SSSR count). The number of carbonyl (C=O) groups excluding carboxylic acids is 2. The molecule has 1 fully saturated rings. The van der Waals surface area contributed by atoms with Gasteiger partial charge in [-0.3, -0.25) is 9.59 Å². The minimum Gasteiger partial charge on any atom is -0.342 e. The van der Waals surface area contributed by atoms with Crippen LogP contribution in [0.3, 0.4) is 0 Å². The van der Waals surface area contributed by atoms with Crippen LogP contribution in [-0.4, -0.2) is 41.0 Å². The predicted octanol–water partition coefficient (Wildman–Crippen LogP) is 1.45. The first-order valence-electron chi connectivity index (χ1n) is 5.78. The lowest BCUT2D eigenvalue weighted by Crippen LogP contribution is -2.69. The maximum atomic E-state index is 12.5. The van der Waals surface area contributed by atoms with Crippen LogP contribution < -0.4 is 5.32 Å². The third-order valence-corrected chi connectivity index (χ3v) is 3.01.